The van der Waals surface area contributed by atoms with Crippen LogP contribution >= 0.6 is 11.8 Å². The molecule has 2 heterocycles. The van der Waals surface area contributed by atoms with Gasteiger partial charge >= 0.3 is 6.03 Å². The van der Waals surface area contributed by atoms with Crippen LogP contribution in [0.15, 0.2) is 53.7 Å². The largest absolute Gasteiger partial charge is 0.497 e. The number of imide groups is 1. The van der Waals surface area contributed by atoms with E-state index in [4.69, 9.17) is 9.47 Å². The first-order chi connectivity index (χ1) is 17.0. The van der Waals surface area contributed by atoms with Crippen molar-refractivity contribution < 1.29 is 23.9 Å². The van der Waals surface area contributed by atoms with Crippen LogP contribution in [-0.4, -0.2) is 58.0 Å². The highest BCUT2D eigenvalue weighted by Gasteiger charge is 2.27. The molecule has 2 aromatic carbocycles. The molecule has 182 valence electrons. The van der Waals surface area contributed by atoms with E-state index in [2.05, 4.69) is 20.8 Å². The van der Waals surface area contributed by atoms with E-state index in [1.165, 1.54) is 11.8 Å². The van der Waals surface area contributed by atoms with Gasteiger partial charge in [-0.1, -0.05) is 11.8 Å². The fraction of sp³-hybridized carbons (Fsp3) is 0.292. The van der Waals surface area contributed by atoms with Gasteiger partial charge in [-0.2, -0.15) is 0 Å². The molecule has 1 aliphatic rings. The third-order valence-electron chi connectivity index (χ3n) is 5.30. The normalized spacial score (nSPS) is 15.3. The Kier molecular flexibility index (Phi) is 7.66. The zero-order chi connectivity index (χ0) is 24.8. The summed E-state index contributed by atoms with van der Waals surface area (Å²) in [6.07, 6.45) is 0.437. The predicted molar refractivity (Wildman–Crippen MR) is 129 cm³/mol. The number of amides is 3. The van der Waals surface area contributed by atoms with Gasteiger partial charge in [0.1, 0.15) is 17.3 Å². The summed E-state index contributed by atoms with van der Waals surface area (Å²) < 4.78 is 12.5. The van der Waals surface area contributed by atoms with Crippen LogP contribution in [0, 0.1) is 0 Å². The van der Waals surface area contributed by atoms with E-state index in [-0.39, 0.29) is 23.9 Å². The number of thioether (sulfide) groups is 1. The zero-order valence-electron chi connectivity index (χ0n) is 19.3. The van der Waals surface area contributed by atoms with E-state index in [1.807, 2.05) is 35.8 Å². The Morgan fingerprint density at radius 2 is 1.80 bits per heavy atom. The first-order valence-electron chi connectivity index (χ1n) is 11.0. The van der Waals surface area contributed by atoms with Gasteiger partial charge in [-0.15, -0.1) is 10.2 Å². The third kappa shape index (κ3) is 5.99. The lowest BCUT2D eigenvalue weighted by Gasteiger charge is -2.23. The average molecular weight is 496 g/mol. The van der Waals surface area contributed by atoms with Gasteiger partial charge in [0.2, 0.25) is 5.91 Å². The highest BCUT2D eigenvalue weighted by Crippen LogP contribution is 2.26. The molecule has 0 radical (unpaired) electrons. The van der Waals surface area contributed by atoms with Gasteiger partial charge in [-0.3, -0.25) is 19.5 Å². The lowest BCUT2D eigenvalue weighted by Crippen LogP contribution is -2.53. The number of Topliss-reactive ketones (excluding diaryl/α,β-unsaturated/α-hetero) is 1. The minimum absolute atomic E-state index is 0.0586. The Morgan fingerprint density at radius 3 is 2.46 bits per heavy atom. The van der Waals surface area contributed by atoms with Crippen molar-refractivity contribution >= 4 is 29.5 Å². The van der Waals surface area contributed by atoms with E-state index in [0.717, 1.165) is 11.4 Å². The van der Waals surface area contributed by atoms with E-state index >= 15 is 0 Å². The van der Waals surface area contributed by atoms with E-state index in [0.29, 0.717) is 35.3 Å². The molecule has 4 rings (SSSR count). The molecular weight excluding hydrogens is 470 g/mol. The van der Waals surface area contributed by atoms with Crippen molar-refractivity contribution in [3.05, 3.63) is 59.9 Å². The lowest BCUT2D eigenvalue weighted by molar-refractivity contribution is -0.121. The molecular formula is C24H25N5O5S. The summed E-state index contributed by atoms with van der Waals surface area (Å²) in [6, 6.07) is 13.4. The van der Waals surface area contributed by atoms with Crippen LogP contribution in [-0.2, 0) is 11.2 Å². The molecule has 10 nitrogen and oxygen atoms in total. The SMILES string of the molecule is CCOc1ccc(-n2c(CC3CC(=O)NC(=O)N3)nnc2SCC(=O)c2ccc(OC)cc2)cc1. The molecule has 1 fully saturated rings. The number of ketones is 1. The molecule has 3 aromatic rings. The van der Waals surface area contributed by atoms with Crippen LogP contribution < -0.4 is 20.1 Å². The van der Waals surface area contributed by atoms with Crippen LogP contribution in [0.25, 0.3) is 5.69 Å². The van der Waals surface area contributed by atoms with Crippen molar-refractivity contribution in [3.8, 4) is 17.2 Å². The predicted octanol–water partition coefficient (Wildman–Crippen LogP) is 2.79. The lowest BCUT2D eigenvalue weighted by atomic mass is 10.1. The second kappa shape index (κ2) is 11.0. The molecule has 0 bridgehead atoms. The average Bonchev–Trinajstić information content (AvgIpc) is 3.24. The van der Waals surface area contributed by atoms with Crippen molar-refractivity contribution in [2.45, 2.75) is 31.0 Å². The summed E-state index contributed by atoms with van der Waals surface area (Å²) in [4.78, 5) is 36.3. The topological polar surface area (TPSA) is 124 Å². The van der Waals surface area contributed by atoms with Gasteiger partial charge in [0, 0.05) is 30.1 Å². The van der Waals surface area contributed by atoms with Crippen molar-refractivity contribution in [1.82, 2.24) is 25.4 Å². The van der Waals surface area contributed by atoms with Crippen LogP contribution in [0.4, 0.5) is 4.79 Å². The number of ether oxygens (including phenoxy) is 2. The zero-order valence-corrected chi connectivity index (χ0v) is 20.1. The van der Waals surface area contributed by atoms with Gasteiger partial charge in [0.25, 0.3) is 0 Å². The van der Waals surface area contributed by atoms with E-state index < -0.39 is 12.1 Å². The summed E-state index contributed by atoms with van der Waals surface area (Å²) in [7, 11) is 1.57. The Hall–Kier alpha value is -3.86. The Balaban J connectivity index is 1.57. The molecule has 1 unspecified atom stereocenters. The third-order valence-corrected chi connectivity index (χ3v) is 6.23. The first-order valence-corrected chi connectivity index (χ1v) is 12.0. The number of urea groups is 1. The fourth-order valence-corrected chi connectivity index (χ4v) is 4.52. The second-order valence-electron chi connectivity index (χ2n) is 7.73. The molecule has 1 atom stereocenters. The molecule has 11 heteroatoms. The van der Waals surface area contributed by atoms with Crippen molar-refractivity contribution in [1.29, 1.82) is 0 Å². The fourth-order valence-electron chi connectivity index (χ4n) is 3.65. The number of methoxy groups -OCH3 is 1. The standard InChI is InChI=1S/C24H25N5O5S/c1-3-34-19-10-6-17(7-11-19)29-21(12-16-13-22(31)26-23(32)25-16)27-28-24(29)35-14-20(30)15-4-8-18(33-2)9-5-15/h4-11,16H,3,12-14H2,1-2H3,(H2,25,26,31,32). The van der Waals surface area contributed by atoms with Gasteiger partial charge in [-0.05, 0) is 55.5 Å². The Morgan fingerprint density at radius 1 is 1.09 bits per heavy atom. The van der Waals surface area contributed by atoms with Gasteiger partial charge in [0.05, 0.1) is 19.5 Å². The van der Waals surface area contributed by atoms with Crippen molar-refractivity contribution in [2.24, 2.45) is 0 Å². The maximum absolute atomic E-state index is 12.8. The number of hydrogen-bond donors (Lipinski definition) is 2. The number of carbonyl (C=O) groups excluding carboxylic acids is 3. The number of carbonyl (C=O) groups is 3. The van der Waals surface area contributed by atoms with E-state index in [1.54, 1.807) is 31.4 Å². The number of nitrogens with zero attached hydrogens (tertiary/aromatic N) is 3. The molecule has 0 spiro atoms. The summed E-state index contributed by atoms with van der Waals surface area (Å²) in [6.45, 7) is 2.46. The Bertz CT molecular complexity index is 1190. The van der Waals surface area contributed by atoms with Crippen LogP contribution in [0.5, 0.6) is 11.5 Å². The number of hydrogen-bond acceptors (Lipinski definition) is 8. The van der Waals surface area contributed by atoms with Gasteiger partial charge in [0.15, 0.2) is 10.9 Å². The number of benzene rings is 2. The van der Waals surface area contributed by atoms with Crippen LogP contribution in [0.3, 0.4) is 0 Å². The quantitative estimate of drug-likeness (QED) is 0.325. The van der Waals surface area contributed by atoms with E-state index in [9.17, 15) is 14.4 Å². The van der Waals surface area contributed by atoms with Crippen molar-refractivity contribution in [3.63, 3.8) is 0 Å². The van der Waals surface area contributed by atoms with Gasteiger partial charge < -0.3 is 14.8 Å². The molecule has 35 heavy (non-hydrogen) atoms. The number of rotatable bonds is 10. The molecule has 1 saturated heterocycles. The molecule has 3 amide bonds. The summed E-state index contributed by atoms with van der Waals surface area (Å²) in [5.41, 5.74) is 1.35. The van der Waals surface area contributed by atoms with Crippen LogP contribution in [0.1, 0.15) is 29.5 Å². The van der Waals surface area contributed by atoms with Crippen LogP contribution in [0.2, 0.25) is 0 Å². The highest BCUT2D eigenvalue weighted by atomic mass is 32.2. The maximum Gasteiger partial charge on any atom is 0.321 e. The second-order valence-corrected chi connectivity index (χ2v) is 8.67. The number of aromatic nitrogens is 3. The molecule has 0 saturated carbocycles. The molecule has 2 N–H and O–H groups in total. The smallest absolute Gasteiger partial charge is 0.321 e. The first kappa shape index (κ1) is 24.3. The minimum atomic E-state index is -0.530. The monoisotopic (exact) mass is 495 g/mol. The molecule has 1 aliphatic heterocycles. The number of nitrogens with one attached hydrogen (secondary N) is 2. The minimum Gasteiger partial charge on any atom is -0.497 e. The van der Waals surface area contributed by atoms with Gasteiger partial charge in [-0.25, -0.2) is 4.79 Å². The molecule has 1 aromatic heterocycles. The Labute approximate surface area is 206 Å². The summed E-state index contributed by atoms with van der Waals surface area (Å²) in [5.74, 6) is 1.73. The summed E-state index contributed by atoms with van der Waals surface area (Å²) in [5, 5.41) is 14.1. The summed E-state index contributed by atoms with van der Waals surface area (Å²) >= 11 is 1.26. The van der Waals surface area contributed by atoms with Crippen molar-refractivity contribution in [2.75, 3.05) is 19.5 Å². The molecule has 0 aliphatic carbocycles. The maximum atomic E-state index is 12.8. The highest BCUT2D eigenvalue weighted by molar-refractivity contribution is 7.99.